The first kappa shape index (κ1) is 27.8. The second-order valence-corrected chi connectivity index (χ2v) is 12.3. The molecular weight excluding hydrogens is 551 g/mol. The molecule has 0 aliphatic carbocycles. The molecule has 2 aromatic heterocycles. The molecule has 0 bridgehead atoms. The van der Waals surface area contributed by atoms with E-state index in [-0.39, 0.29) is 11.6 Å². The molecular formula is C30H28ClFN4O3S. The minimum absolute atomic E-state index is 0.0733. The fourth-order valence-electron chi connectivity index (χ4n) is 4.34. The van der Waals surface area contributed by atoms with Gasteiger partial charge < -0.3 is 15.1 Å². The largest absolute Gasteiger partial charge is 0.460 e. The van der Waals surface area contributed by atoms with Crippen molar-refractivity contribution in [2.45, 2.75) is 19.4 Å². The summed E-state index contributed by atoms with van der Waals surface area (Å²) in [6.45, 7) is 0.785. The number of halogens is 2. The zero-order valence-corrected chi connectivity index (χ0v) is 23.4. The highest BCUT2D eigenvalue weighted by Crippen LogP contribution is 2.31. The summed E-state index contributed by atoms with van der Waals surface area (Å²) in [5.74, 6) is 1.85. The Morgan fingerprint density at radius 2 is 1.85 bits per heavy atom. The maximum absolute atomic E-state index is 13.5. The van der Waals surface area contributed by atoms with E-state index in [4.69, 9.17) is 16.0 Å². The van der Waals surface area contributed by atoms with E-state index < -0.39 is 9.84 Å². The van der Waals surface area contributed by atoms with Crippen LogP contribution in [0, 0.1) is 5.82 Å². The molecule has 2 heterocycles. The molecule has 0 spiro atoms. The third kappa shape index (κ3) is 7.24. The van der Waals surface area contributed by atoms with Crippen LogP contribution >= 0.6 is 11.6 Å². The van der Waals surface area contributed by atoms with Gasteiger partial charge in [0, 0.05) is 34.5 Å². The number of rotatable bonds is 11. The minimum Gasteiger partial charge on any atom is -0.460 e. The van der Waals surface area contributed by atoms with Crippen LogP contribution in [0.3, 0.4) is 0 Å². The van der Waals surface area contributed by atoms with E-state index in [0.29, 0.717) is 48.3 Å². The summed E-state index contributed by atoms with van der Waals surface area (Å²) >= 11 is 6.59. The molecule has 3 aromatic carbocycles. The molecule has 0 radical (unpaired) electrons. The zero-order valence-electron chi connectivity index (χ0n) is 21.8. The van der Waals surface area contributed by atoms with E-state index in [2.05, 4.69) is 20.6 Å². The topological polar surface area (TPSA) is 97.1 Å². The lowest BCUT2D eigenvalue weighted by Crippen LogP contribution is -2.21. The minimum atomic E-state index is -3.01. The predicted molar refractivity (Wildman–Crippen MR) is 157 cm³/mol. The number of benzene rings is 3. The number of sulfone groups is 1. The number of aryl methyl sites for hydroxylation is 2. The number of anilines is 2. The third-order valence-electron chi connectivity index (χ3n) is 6.42. The average Bonchev–Trinajstić information content (AvgIpc) is 3.39. The molecule has 206 valence electrons. The van der Waals surface area contributed by atoms with Gasteiger partial charge in [-0.1, -0.05) is 29.8 Å². The number of fused-ring (bicyclic) bond motifs is 1. The Hall–Kier alpha value is -3.79. The number of nitrogens with zero attached hydrogens (tertiary/aromatic N) is 2. The third-order valence-corrected chi connectivity index (χ3v) is 7.72. The first-order valence-corrected chi connectivity index (χ1v) is 15.2. The SMILES string of the molecule is CS(=O)(=O)CCNCc1ccc(-c2ccc3ncnc(Nc4ccc(CCc5cccc(F)c5)c(Cl)c4)c3c2)o1. The smallest absolute Gasteiger partial charge is 0.148 e. The first-order valence-electron chi connectivity index (χ1n) is 12.8. The highest BCUT2D eigenvalue weighted by molar-refractivity contribution is 7.90. The van der Waals surface area contributed by atoms with Crippen molar-refractivity contribution in [3.63, 3.8) is 0 Å². The van der Waals surface area contributed by atoms with Crippen LogP contribution in [0.15, 0.2) is 83.5 Å². The van der Waals surface area contributed by atoms with Gasteiger partial charge in [-0.3, -0.25) is 0 Å². The Labute approximate surface area is 237 Å². The van der Waals surface area contributed by atoms with Crippen molar-refractivity contribution >= 4 is 43.8 Å². The molecule has 10 heteroatoms. The number of hydrogen-bond acceptors (Lipinski definition) is 7. The molecule has 2 N–H and O–H groups in total. The van der Waals surface area contributed by atoms with Crippen molar-refractivity contribution in [3.8, 4) is 11.3 Å². The van der Waals surface area contributed by atoms with Gasteiger partial charge in [0.1, 0.15) is 39.3 Å². The van der Waals surface area contributed by atoms with Crippen LogP contribution in [0.5, 0.6) is 0 Å². The fourth-order valence-corrected chi connectivity index (χ4v) is 5.13. The average molecular weight is 579 g/mol. The number of furan rings is 1. The van der Waals surface area contributed by atoms with Crippen molar-refractivity contribution in [3.05, 3.63) is 107 Å². The molecule has 5 aromatic rings. The summed E-state index contributed by atoms with van der Waals surface area (Å²) < 4.78 is 42.1. The van der Waals surface area contributed by atoms with Crippen LogP contribution in [0.1, 0.15) is 16.9 Å². The normalized spacial score (nSPS) is 11.7. The van der Waals surface area contributed by atoms with Gasteiger partial charge in [0.2, 0.25) is 0 Å². The van der Waals surface area contributed by atoms with Gasteiger partial charge in [-0.25, -0.2) is 22.8 Å². The van der Waals surface area contributed by atoms with E-state index in [1.165, 1.54) is 18.6 Å². The van der Waals surface area contributed by atoms with Gasteiger partial charge in [0.15, 0.2) is 0 Å². The van der Waals surface area contributed by atoms with E-state index in [1.54, 1.807) is 12.1 Å². The van der Waals surface area contributed by atoms with Crippen molar-refractivity contribution in [1.82, 2.24) is 15.3 Å². The summed E-state index contributed by atoms with van der Waals surface area (Å²) in [5.41, 5.74) is 4.32. The molecule has 5 rings (SSSR count). The van der Waals surface area contributed by atoms with E-state index in [0.717, 1.165) is 33.3 Å². The molecule has 0 saturated carbocycles. The van der Waals surface area contributed by atoms with Crippen LogP contribution < -0.4 is 10.6 Å². The van der Waals surface area contributed by atoms with Crippen LogP contribution in [0.4, 0.5) is 15.9 Å². The Balaban J connectivity index is 1.29. The second-order valence-electron chi connectivity index (χ2n) is 9.59. The second kappa shape index (κ2) is 12.2. The Bertz CT molecular complexity index is 1760. The van der Waals surface area contributed by atoms with Gasteiger partial charge in [-0.2, -0.15) is 0 Å². The van der Waals surface area contributed by atoms with Crippen molar-refractivity contribution in [2.75, 3.05) is 23.9 Å². The molecule has 0 atom stereocenters. The van der Waals surface area contributed by atoms with Crippen molar-refractivity contribution in [2.24, 2.45) is 0 Å². The molecule has 0 aliphatic rings. The summed E-state index contributed by atoms with van der Waals surface area (Å²) in [5, 5.41) is 7.87. The molecule has 40 heavy (non-hydrogen) atoms. The number of hydrogen-bond donors (Lipinski definition) is 2. The lowest BCUT2D eigenvalue weighted by atomic mass is 10.0. The van der Waals surface area contributed by atoms with Crippen LogP contribution in [-0.4, -0.2) is 36.9 Å². The Morgan fingerprint density at radius 3 is 2.65 bits per heavy atom. The number of nitrogens with one attached hydrogen (secondary N) is 2. The summed E-state index contributed by atoms with van der Waals surface area (Å²) in [7, 11) is -3.01. The van der Waals surface area contributed by atoms with Gasteiger partial charge >= 0.3 is 0 Å². The van der Waals surface area contributed by atoms with Crippen LogP contribution in [0.2, 0.25) is 5.02 Å². The van der Waals surface area contributed by atoms with Crippen LogP contribution in [0.25, 0.3) is 22.2 Å². The maximum Gasteiger partial charge on any atom is 0.148 e. The quantitative estimate of drug-likeness (QED) is 0.176. The highest BCUT2D eigenvalue weighted by Gasteiger charge is 2.11. The molecule has 0 saturated heterocycles. The number of aromatic nitrogens is 2. The van der Waals surface area contributed by atoms with E-state index in [9.17, 15) is 12.8 Å². The Kier molecular flexibility index (Phi) is 8.44. The molecule has 0 aliphatic heterocycles. The summed E-state index contributed by atoms with van der Waals surface area (Å²) in [6, 6.07) is 21.9. The van der Waals surface area contributed by atoms with Crippen molar-refractivity contribution < 1.29 is 17.2 Å². The lowest BCUT2D eigenvalue weighted by Gasteiger charge is -2.11. The van der Waals surface area contributed by atoms with Gasteiger partial charge in [-0.15, -0.1) is 0 Å². The molecule has 0 fully saturated rings. The van der Waals surface area contributed by atoms with Gasteiger partial charge in [0.05, 0.1) is 17.8 Å². The van der Waals surface area contributed by atoms with Crippen LogP contribution in [-0.2, 0) is 29.2 Å². The van der Waals surface area contributed by atoms with Crippen molar-refractivity contribution in [1.29, 1.82) is 0 Å². The van der Waals surface area contributed by atoms with Gasteiger partial charge in [0.25, 0.3) is 0 Å². The maximum atomic E-state index is 13.5. The fraction of sp³-hybridized carbons (Fsp3) is 0.200. The molecule has 0 unspecified atom stereocenters. The molecule has 0 amide bonds. The monoisotopic (exact) mass is 578 g/mol. The predicted octanol–water partition coefficient (Wildman–Crippen LogP) is 6.35. The molecule has 7 nitrogen and oxygen atoms in total. The zero-order chi connectivity index (χ0) is 28.1. The lowest BCUT2D eigenvalue weighted by molar-refractivity contribution is 0.498. The Morgan fingerprint density at radius 1 is 0.975 bits per heavy atom. The standard InChI is InChI=1S/C30H28ClFN4O3S/c1-40(37,38)14-13-33-18-25-10-12-29(39-25)22-8-11-28-26(16-22)30(35-19-34-28)36-24-9-7-21(27(31)17-24)6-5-20-3-2-4-23(32)15-20/h2-4,7-12,15-17,19,33H,5-6,13-14,18H2,1H3,(H,34,35,36). The summed E-state index contributed by atoms with van der Waals surface area (Å²) in [4.78, 5) is 8.85. The first-order chi connectivity index (χ1) is 19.2. The van der Waals surface area contributed by atoms with Gasteiger partial charge in [-0.05, 0) is 78.6 Å². The summed E-state index contributed by atoms with van der Waals surface area (Å²) in [6.07, 6.45) is 4.11. The van der Waals surface area contributed by atoms with E-state index >= 15 is 0 Å². The van der Waals surface area contributed by atoms with E-state index in [1.807, 2.05) is 54.6 Å². The highest BCUT2D eigenvalue weighted by atomic mass is 35.5.